The lowest BCUT2D eigenvalue weighted by Gasteiger charge is -2.15. The van der Waals surface area contributed by atoms with Crippen LogP contribution in [0.5, 0.6) is 0 Å². The van der Waals surface area contributed by atoms with Gasteiger partial charge >= 0.3 is 5.97 Å². The number of likely N-dealkylation sites (tertiary alicyclic amines) is 1. The van der Waals surface area contributed by atoms with Crippen molar-refractivity contribution in [3.8, 4) is 0 Å². The SMILES string of the molecule is COC(=O)CCN1C[C@H]2CNC[C@H]2C1. The van der Waals surface area contributed by atoms with Crippen molar-refractivity contribution in [2.24, 2.45) is 11.8 Å². The molecule has 2 fully saturated rings. The van der Waals surface area contributed by atoms with Crippen LogP contribution in [0.25, 0.3) is 0 Å². The van der Waals surface area contributed by atoms with Gasteiger partial charge in [0.15, 0.2) is 0 Å². The number of methoxy groups -OCH3 is 1. The average Bonchev–Trinajstić information content (AvgIpc) is 2.73. The summed E-state index contributed by atoms with van der Waals surface area (Å²) in [5.41, 5.74) is 0. The van der Waals surface area contributed by atoms with Gasteiger partial charge in [0.25, 0.3) is 0 Å². The average molecular weight is 198 g/mol. The molecule has 2 aliphatic heterocycles. The number of carbonyl (C=O) groups is 1. The van der Waals surface area contributed by atoms with E-state index in [0.717, 1.165) is 44.6 Å². The van der Waals surface area contributed by atoms with Crippen molar-refractivity contribution in [1.29, 1.82) is 0 Å². The Kier molecular flexibility index (Phi) is 3.03. The molecule has 0 saturated carbocycles. The van der Waals surface area contributed by atoms with E-state index >= 15 is 0 Å². The van der Waals surface area contributed by atoms with Gasteiger partial charge in [0.05, 0.1) is 13.5 Å². The monoisotopic (exact) mass is 198 g/mol. The number of ether oxygens (including phenoxy) is 1. The van der Waals surface area contributed by atoms with E-state index in [1.165, 1.54) is 7.11 Å². The van der Waals surface area contributed by atoms with Crippen molar-refractivity contribution in [3.05, 3.63) is 0 Å². The molecule has 0 aromatic rings. The normalized spacial score (nSPS) is 31.8. The van der Waals surface area contributed by atoms with E-state index in [0.29, 0.717) is 6.42 Å². The molecule has 0 radical (unpaired) electrons. The first-order valence-electron chi connectivity index (χ1n) is 5.29. The molecule has 14 heavy (non-hydrogen) atoms. The lowest BCUT2D eigenvalue weighted by atomic mass is 10.0. The smallest absolute Gasteiger partial charge is 0.306 e. The van der Waals surface area contributed by atoms with Gasteiger partial charge in [0, 0.05) is 19.6 Å². The number of rotatable bonds is 3. The fourth-order valence-electron chi connectivity index (χ4n) is 2.49. The topological polar surface area (TPSA) is 41.6 Å². The molecule has 2 heterocycles. The van der Waals surface area contributed by atoms with Crippen LogP contribution in [0.15, 0.2) is 0 Å². The van der Waals surface area contributed by atoms with Gasteiger partial charge in [-0.25, -0.2) is 0 Å². The van der Waals surface area contributed by atoms with Crippen LogP contribution in [0.3, 0.4) is 0 Å². The molecule has 2 rings (SSSR count). The Hall–Kier alpha value is -0.610. The minimum absolute atomic E-state index is 0.0971. The second kappa shape index (κ2) is 4.28. The van der Waals surface area contributed by atoms with Crippen LogP contribution in [-0.2, 0) is 9.53 Å². The Morgan fingerprint density at radius 2 is 2.07 bits per heavy atom. The largest absolute Gasteiger partial charge is 0.469 e. The zero-order valence-corrected chi connectivity index (χ0v) is 8.66. The maximum atomic E-state index is 11.0. The maximum Gasteiger partial charge on any atom is 0.306 e. The van der Waals surface area contributed by atoms with Gasteiger partial charge in [-0.1, -0.05) is 0 Å². The molecule has 2 saturated heterocycles. The van der Waals surface area contributed by atoms with Crippen LogP contribution < -0.4 is 5.32 Å². The number of hydrogen-bond acceptors (Lipinski definition) is 4. The highest BCUT2D eigenvalue weighted by Gasteiger charge is 2.35. The molecule has 0 aromatic heterocycles. The predicted octanol–water partition coefficient (Wildman–Crippen LogP) is -0.299. The van der Waals surface area contributed by atoms with E-state index < -0.39 is 0 Å². The third-order valence-corrected chi connectivity index (χ3v) is 3.32. The molecule has 0 bridgehead atoms. The zero-order chi connectivity index (χ0) is 9.97. The summed E-state index contributed by atoms with van der Waals surface area (Å²) < 4.78 is 4.63. The van der Waals surface area contributed by atoms with Gasteiger partial charge in [0.1, 0.15) is 0 Å². The Labute approximate surface area is 84.6 Å². The second-order valence-electron chi connectivity index (χ2n) is 4.26. The van der Waals surface area contributed by atoms with Crippen LogP contribution in [0.1, 0.15) is 6.42 Å². The summed E-state index contributed by atoms with van der Waals surface area (Å²) in [5.74, 6) is 1.53. The number of nitrogens with zero attached hydrogens (tertiary/aromatic N) is 1. The highest BCUT2D eigenvalue weighted by molar-refractivity contribution is 5.69. The highest BCUT2D eigenvalue weighted by Crippen LogP contribution is 2.25. The van der Waals surface area contributed by atoms with E-state index in [1.807, 2.05) is 0 Å². The van der Waals surface area contributed by atoms with Crippen molar-refractivity contribution >= 4 is 5.97 Å². The number of nitrogens with one attached hydrogen (secondary N) is 1. The summed E-state index contributed by atoms with van der Waals surface area (Å²) in [6.45, 7) is 5.46. The van der Waals surface area contributed by atoms with Crippen molar-refractivity contribution in [2.45, 2.75) is 6.42 Å². The van der Waals surface area contributed by atoms with Gasteiger partial charge < -0.3 is 15.0 Å². The van der Waals surface area contributed by atoms with Gasteiger partial charge in [0.2, 0.25) is 0 Å². The molecule has 4 nitrogen and oxygen atoms in total. The van der Waals surface area contributed by atoms with Crippen molar-refractivity contribution in [1.82, 2.24) is 10.2 Å². The molecule has 4 heteroatoms. The molecular weight excluding hydrogens is 180 g/mol. The summed E-state index contributed by atoms with van der Waals surface area (Å²) in [6.07, 6.45) is 0.531. The third-order valence-electron chi connectivity index (χ3n) is 3.32. The van der Waals surface area contributed by atoms with Crippen LogP contribution >= 0.6 is 0 Å². The predicted molar refractivity (Wildman–Crippen MR) is 52.9 cm³/mol. The van der Waals surface area contributed by atoms with Crippen LogP contribution in [-0.4, -0.2) is 50.7 Å². The Morgan fingerprint density at radius 1 is 1.43 bits per heavy atom. The highest BCUT2D eigenvalue weighted by atomic mass is 16.5. The van der Waals surface area contributed by atoms with Crippen molar-refractivity contribution in [3.63, 3.8) is 0 Å². The fourth-order valence-corrected chi connectivity index (χ4v) is 2.49. The Morgan fingerprint density at radius 3 is 2.64 bits per heavy atom. The summed E-state index contributed by atoms with van der Waals surface area (Å²) in [4.78, 5) is 13.3. The van der Waals surface area contributed by atoms with Crippen LogP contribution in [0, 0.1) is 11.8 Å². The zero-order valence-electron chi connectivity index (χ0n) is 8.66. The Balaban J connectivity index is 1.71. The van der Waals surface area contributed by atoms with Crippen molar-refractivity contribution < 1.29 is 9.53 Å². The van der Waals surface area contributed by atoms with Gasteiger partial charge in [-0.15, -0.1) is 0 Å². The quantitative estimate of drug-likeness (QED) is 0.632. The fraction of sp³-hybridized carbons (Fsp3) is 0.900. The molecule has 80 valence electrons. The molecule has 2 aliphatic rings. The number of carbonyl (C=O) groups excluding carboxylic acids is 1. The van der Waals surface area contributed by atoms with E-state index in [4.69, 9.17) is 0 Å². The maximum absolute atomic E-state index is 11.0. The lowest BCUT2D eigenvalue weighted by Crippen LogP contribution is -2.28. The number of esters is 1. The summed E-state index contributed by atoms with van der Waals surface area (Å²) in [6, 6.07) is 0. The van der Waals surface area contributed by atoms with Crippen molar-refractivity contribution in [2.75, 3.05) is 39.8 Å². The first kappa shape index (κ1) is 9.93. The molecule has 0 spiro atoms. The van der Waals surface area contributed by atoms with Gasteiger partial charge in [-0.3, -0.25) is 4.79 Å². The van der Waals surface area contributed by atoms with Crippen LogP contribution in [0.2, 0.25) is 0 Å². The molecule has 0 amide bonds. The summed E-state index contributed by atoms with van der Waals surface area (Å²) in [7, 11) is 1.45. The van der Waals surface area contributed by atoms with E-state index in [2.05, 4.69) is 15.0 Å². The lowest BCUT2D eigenvalue weighted by molar-refractivity contribution is -0.140. The molecule has 1 N–H and O–H groups in total. The number of fused-ring (bicyclic) bond motifs is 1. The van der Waals surface area contributed by atoms with E-state index in [9.17, 15) is 4.79 Å². The molecule has 0 aliphatic carbocycles. The first-order chi connectivity index (χ1) is 6.79. The molecule has 0 unspecified atom stereocenters. The van der Waals surface area contributed by atoms with E-state index in [-0.39, 0.29) is 5.97 Å². The van der Waals surface area contributed by atoms with E-state index in [1.54, 1.807) is 0 Å². The standard InChI is InChI=1S/C10H18N2O2/c1-14-10(13)2-3-12-6-8-4-11-5-9(8)7-12/h8-9,11H,2-7H2,1H3/t8-,9+. The summed E-state index contributed by atoms with van der Waals surface area (Å²) >= 11 is 0. The van der Waals surface area contributed by atoms with Gasteiger partial charge in [-0.2, -0.15) is 0 Å². The molecule has 0 aromatic carbocycles. The summed E-state index contributed by atoms with van der Waals surface area (Å²) in [5, 5.41) is 3.40. The Bertz CT molecular complexity index is 208. The first-order valence-corrected chi connectivity index (χ1v) is 5.29. The minimum Gasteiger partial charge on any atom is -0.469 e. The van der Waals surface area contributed by atoms with Gasteiger partial charge in [-0.05, 0) is 24.9 Å². The van der Waals surface area contributed by atoms with Crippen LogP contribution in [0.4, 0.5) is 0 Å². The second-order valence-corrected chi connectivity index (χ2v) is 4.26. The molecular formula is C10H18N2O2. The third kappa shape index (κ3) is 2.07. The minimum atomic E-state index is -0.0971. The number of hydrogen-bond donors (Lipinski definition) is 1. The molecule has 2 atom stereocenters.